The number of carbonyl (C=O) groups excluding carboxylic acids is 1. The molecule has 2 aromatic rings. The Balaban J connectivity index is 1.67. The zero-order valence-corrected chi connectivity index (χ0v) is 15.8. The van der Waals surface area contributed by atoms with Crippen LogP contribution in [0.15, 0.2) is 54.6 Å². The van der Waals surface area contributed by atoms with Gasteiger partial charge < -0.3 is 5.32 Å². The third kappa shape index (κ3) is 4.63. The number of hydrogen-bond acceptors (Lipinski definition) is 3. The van der Waals surface area contributed by atoms with Crippen molar-refractivity contribution >= 4 is 33.2 Å². The van der Waals surface area contributed by atoms with E-state index in [-0.39, 0.29) is 24.1 Å². The fourth-order valence-corrected chi connectivity index (χ4v) is 4.88. The molecule has 0 bridgehead atoms. The molecule has 1 fully saturated rings. The zero-order chi connectivity index (χ0) is 18.6. The monoisotopic (exact) mass is 392 g/mol. The standard InChI is InChI=1S/C19H21ClN2O3S/c20-17-10-4-5-11-18(17)21-19(23)16-9-6-12-22(13-16)26(24,25)14-15-7-2-1-3-8-15/h1-5,7-8,10-11,16H,6,9,12-14H2,(H,21,23)/t16-/m1/s1. The molecule has 0 radical (unpaired) electrons. The summed E-state index contributed by atoms with van der Waals surface area (Å²) >= 11 is 6.08. The average molecular weight is 393 g/mol. The van der Waals surface area contributed by atoms with E-state index in [2.05, 4.69) is 5.32 Å². The number of rotatable bonds is 5. The molecule has 3 rings (SSSR count). The van der Waals surface area contributed by atoms with E-state index in [1.807, 2.05) is 18.2 Å². The maximum atomic E-state index is 12.7. The van der Waals surface area contributed by atoms with Gasteiger partial charge in [-0.2, -0.15) is 0 Å². The number of halogens is 1. The van der Waals surface area contributed by atoms with Crippen LogP contribution in [-0.2, 0) is 20.6 Å². The topological polar surface area (TPSA) is 66.5 Å². The minimum atomic E-state index is -3.46. The van der Waals surface area contributed by atoms with E-state index in [1.165, 1.54) is 4.31 Å². The van der Waals surface area contributed by atoms with Crippen LogP contribution in [0.3, 0.4) is 0 Å². The lowest BCUT2D eigenvalue weighted by Gasteiger charge is -2.31. The number of para-hydroxylation sites is 1. The number of sulfonamides is 1. The summed E-state index contributed by atoms with van der Waals surface area (Å²) in [6.45, 7) is 0.649. The highest BCUT2D eigenvalue weighted by molar-refractivity contribution is 7.88. The first-order valence-corrected chi connectivity index (χ1v) is 10.5. The highest BCUT2D eigenvalue weighted by Gasteiger charge is 2.32. The lowest BCUT2D eigenvalue weighted by Crippen LogP contribution is -2.44. The van der Waals surface area contributed by atoms with Crippen molar-refractivity contribution in [2.24, 2.45) is 5.92 Å². The summed E-state index contributed by atoms with van der Waals surface area (Å²) in [7, 11) is -3.46. The Hall–Kier alpha value is -1.89. The average Bonchev–Trinajstić information content (AvgIpc) is 2.64. The molecule has 0 aromatic heterocycles. The lowest BCUT2D eigenvalue weighted by molar-refractivity contribution is -0.120. The first-order valence-electron chi connectivity index (χ1n) is 8.53. The summed E-state index contributed by atoms with van der Waals surface area (Å²) < 4.78 is 26.8. The highest BCUT2D eigenvalue weighted by Crippen LogP contribution is 2.25. The Morgan fingerprint density at radius 1 is 1.12 bits per heavy atom. The van der Waals surface area contributed by atoms with Gasteiger partial charge in [0.1, 0.15) is 0 Å². The van der Waals surface area contributed by atoms with Crippen molar-refractivity contribution in [2.45, 2.75) is 18.6 Å². The second-order valence-electron chi connectivity index (χ2n) is 6.41. The van der Waals surface area contributed by atoms with Gasteiger partial charge in [-0.1, -0.05) is 54.1 Å². The molecule has 1 saturated heterocycles. The third-order valence-corrected chi connectivity index (χ3v) is 6.62. The lowest BCUT2D eigenvalue weighted by atomic mass is 9.99. The molecular formula is C19H21ClN2O3S. The van der Waals surface area contributed by atoms with Crippen LogP contribution in [0.5, 0.6) is 0 Å². The Morgan fingerprint density at radius 2 is 1.81 bits per heavy atom. The van der Waals surface area contributed by atoms with Gasteiger partial charge in [-0.3, -0.25) is 4.79 Å². The van der Waals surface area contributed by atoms with Crippen molar-refractivity contribution in [3.63, 3.8) is 0 Å². The summed E-state index contributed by atoms with van der Waals surface area (Å²) in [6, 6.07) is 16.1. The van der Waals surface area contributed by atoms with Gasteiger partial charge in [0.15, 0.2) is 0 Å². The Kier molecular flexibility index (Phi) is 5.96. The minimum Gasteiger partial charge on any atom is -0.324 e. The Labute approximate surface area is 159 Å². The maximum absolute atomic E-state index is 12.7. The molecule has 5 nitrogen and oxygen atoms in total. The minimum absolute atomic E-state index is 0.0489. The van der Waals surface area contributed by atoms with Crippen LogP contribution in [-0.4, -0.2) is 31.7 Å². The number of amides is 1. The molecule has 138 valence electrons. The number of nitrogens with one attached hydrogen (secondary N) is 1. The third-order valence-electron chi connectivity index (χ3n) is 4.47. The summed E-state index contributed by atoms with van der Waals surface area (Å²) in [6.07, 6.45) is 1.32. The first-order chi connectivity index (χ1) is 12.5. The van der Waals surface area contributed by atoms with E-state index in [1.54, 1.807) is 36.4 Å². The molecule has 26 heavy (non-hydrogen) atoms. The Bertz CT molecular complexity index is 871. The van der Waals surface area contributed by atoms with Gasteiger partial charge in [0.25, 0.3) is 0 Å². The summed E-state index contributed by atoms with van der Waals surface area (Å²) in [4.78, 5) is 12.6. The molecule has 1 atom stereocenters. The molecule has 0 spiro atoms. The molecule has 0 aliphatic carbocycles. The molecule has 1 N–H and O–H groups in total. The SMILES string of the molecule is O=C(Nc1ccccc1Cl)[C@@H]1CCCN(S(=O)(=O)Cc2ccccc2)C1. The Morgan fingerprint density at radius 3 is 2.54 bits per heavy atom. The molecule has 0 unspecified atom stereocenters. The number of nitrogens with zero attached hydrogens (tertiary/aromatic N) is 1. The molecule has 1 amide bonds. The van der Waals surface area contributed by atoms with Crippen LogP contribution in [0.25, 0.3) is 0 Å². The van der Waals surface area contributed by atoms with Gasteiger partial charge in [-0.15, -0.1) is 0 Å². The number of benzene rings is 2. The quantitative estimate of drug-likeness (QED) is 0.846. The summed E-state index contributed by atoms with van der Waals surface area (Å²) in [5.41, 5.74) is 1.29. The van der Waals surface area contributed by atoms with E-state index in [0.717, 1.165) is 5.56 Å². The van der Waals surface area contributed by atoms with Gasteiger partial charge in [0, 0.05) is 13.1 Å². The van der Waals surface area contributed by atoms with E-state index in [9.17, 15) is 13.2 Å². The molecular weight excluding hydrogens is 372 g/mol. The zero-order valence-electron chi connectivity index (χ0n) is 14.3. The van der Waals surface area contributed by atoms with Crippen LogP contribution >= 0.6 is 11.6 Å². The molecule has 1 aliphatic rings. The molecule has 2 aromatic carbocycles. The maximum Gasteiger partial charge on any atom is 0.228 e. The van der Waals surface area contributed by atoms with Crippen LogP contribution < -0.4 is 5.32 Å². The normalized spacial score (nSPS) is 18.4. The van der Waals surface area contributed by atoms with Crippen molar-refractivity contribution in [2.75, 3.05) is 18.4 Å². The van der Waals surface area contributed by atoms with Crippen molar-refractivity contribution in [1.29, 1.82) is 0 Å². The second-order valence-corrected chi connectivity index (χ2v) is 8.78. The van der Waals surface area contributed by atoms with Crippen molar-refractivity contribution < 1.29 is 13.2 Å². The number of piperidine rings is 1. The van der Waals surface area contributed by atoms with Gasteiger partial charge in [0.05, 0.1) is 22.4 Å². The first kappa shape index (κ1) is 18.9. The van der Waals surface area contributed by atoms with E-state index >= 15 is 0 Å². The molecule has 1 heterocycles. The second kappa shape index (κ2) is 8.20. The smallest absolute Gasteiger partial charge is 0.228 e. The van der Waals surface area contributed by atoms with Crippen molar-refractivity contribution in [3.8, 4) is 0 Å². The van der Waals surface area contributed by atoms with Crippen LogP contribution in [0, 0.1) is 5.92 Å². The van der Waals surface area contributed by atoms with Gasteiger partial charge >= 0.3 is 0 Å². The van der Waals surface area contributed by atoms with Gasteiger partial charge in [-0.05, 0) is 30.5 Å². The predicted molar refractivity (Wildman–Crippen MR) is 103 cm³/mol. The predicted octanol–water partition coefficient (Wildman–Crippen LogP) is 3.52. The fraction of sp³-hybridized carbons (Fsp3) is 0.316. The van der Waals surface area contributed by atoms with E-state index in [0.29, 0.717) is 30.1 Å². The van der Waals surface area contributed by atoms with E-state index in [4.69, 9.17) is 11.6 Å². The van der Waals surface area contributed by atoms with Crippen LogP contribution in [0.1, 0.15) is 18.4 Å². The molecule has 7 heteroatoms. The summed E-state index contributed by atoms with van der Waals surface area (Å²) in [5, 5.41) is 3.27. The van der Waals surface area contributed by atoms with Crippen molar-refractivity contribution in [1.82, 2.24) is 4.31 Å². The van der Waals surface area contributed by atoms with E-state index < -0.39 is 10.0 Å². The summed E-state index contributed by atoms with van der Waals surface area (Å²) in [5.74, 6) is -0.629. The number of hydrogen-bond donors (Lipinski definition) is 1. The highest BCUT2D eigenvalue weighted by atomic mass is 35.5. The van der Waals surface area contributed by atoms with Gasteiger partial charge in [0.2, 0.25) is 15.9 Å². The number of carbonyl (C=O) groups is 1. The van der Waals surface area contributed by atoms with Gasteiger partial charge in [-0.25, -0.2) is 12.7 Å². The molecule has 1 aliphatic heterocycles. The largest absolute Gasteiger partial charge is 0.324 e. The van der Waals surface area contributed by atoms with Crippen LogP contribution in [0.4, 0.5) is 5.69 Å². The van der Waals surface area contributed by atoms with Crippen LogP contribution in [0.2, 0.25) is 5.02 Å². The number of anilines is 1. The van der Waals surface area contributed by atoms with Crippen molar-refractivity contribution in [3.05, 3.63) is 65.2 Å². The molecule has 0 saturated carbocycles. The fourth-order valence-electron chi connectivity index (χ4n) is 3.08.